The zero-order valence-electron chi connectivity index (χ0n) is 6.29. The minimum absolute atomic E-state index is 0.0665. The number of carbonyl (C=O) groups excluding carboxylic acids is 1. The molecule has 11 heavy (non-hydrogen) atoms. The average molecular weight is 165 g/mol. The van der Waals surface area contributed by atoms with E-state index in [4.69, 9.17) is 15.9 Å². The number of nitrogens with one attached hydrogen (secondary N) is 1. The van der Waals surface area contributed by atoms with Gasteiger partial charge in [0.1, 0.15) is 0 Å². The van der Waals surface area contributed by atoms with Crippen LogP contribution in [0.2, 0.25) is 0 Å². The number of nitrogens with two attached hydrogens (primary N) is 2. The first kappa shape index (κ1) is 12.8. The second-order valence-electron chi connectivity index (χ2n) is 1.53. The summed E-state index contributed by atoms with van der Waals surface area (Å²) in [5, 5.41) is 18.0. The van der Waals surface area contributed by atoms with Crippen LogP contribution in [0.25, 0.3) is 0 Å². The van der Waals surface area contributed by atoms with Crippen molar-refractivity contribution in [2.45, 2.75) is 0 Å². The van der Waals surface area contributed by atoms with Crippen molar-refractivity contribution in [3.05, 3.63) is 0 Å². The molecule has 7 N–H and O–H groups in total. The van der Waals surface area contributed by atoms with Gasteiger partial charge in [0.15, 0.2) is 0 Å². The lowest BCUT2D eigenvalue weighted by Crippen LogP contribution is -2.31. The van der Waals surface area contributed by atoms with Gasteiger partial charge in [-0.3, -0.25) is 0 Å². The fourth-order valence-corrected chi connectivity index (χ4v) is 0.179. The molecule has 0 rings (SSSR count). The molecule has 0 spiro atoms. The lowest BCUT2D eigenvalue weighted by molar-refractivity contribution is 0.242. The van der Waals surface area contributed by atoms with E-state index in [9.17, 15) is 4.79 Å². The fourth-order valence-electron chi connectivity index (χ4n) is 0.179. The van der Waals surface area contributed by atoms with Crippen LogP contribution in [0.5, 0.6) is 0 Å². The zero-order chi connectivity index (χ0) is 9.11. The molecule has 6 heteroatoms. The maximum absolute atomic E-state index is 9.76. The number of aliphatic hydroxyl groups is 2. The monoisotopic (exact) mass is 165 g/mol. The van der Waals surface area contributed by atoms with Gasteiger partial charge in [-0.25, -0.2) is 4.79 Å². The Hall–Kier alpha value is -0.850. The summed E-state index contributed by atoms with van der Waals surface area (Å²) in [5.74, 6) is 0. The van der Waals surface area contributed by atoms with Crippen molar-refractivity contribution >= 4 is 6.03 Å². The topological polar surface area (TPSA) is 122 Å². The molecule has 0 aromatic carbocycles. The third-order valence-electron chi connectivity index (χ3n) is 0.540. The van der Waals surface area contributed by atoms with Crippen LogP contribution in [0.4, 0.5) is 4.79 Å². The molecule has 0 saturated carbocycles. The Labute approximate surface area is 65.2 Å². The molecule has 0 saturated heterocycles. The molecule has 0 heterocycles. The SMILES string of the molecule is NC(=O)NCCO.NCCO. The molecule has 0 radical (unpaired) electrons. The zero-order valence-corrected chi connectivity index (χ0v) is 6.29. The molecule has 0 aromatic heterocycles. The van der Waals surface area contributed by atoms with E-state index < -0.39 is 6.03 Å². The largest absolute Gasteiger partial charge is 0.395 e. The smallest absolute Gasteiger partial charge is 0.312 e. The van der Waals surface area contributed by atoms with Gasteiger partial charge < -0.3 is 27.0 Å². The summed E-state index contributed by atoms with van der Waals surface area (Å²) in [7, 11) is 0. The van der Waals surface area contributed by atoms with Crippen LogP contribution in [0, 0.1) is 0 Å². The number of urea groups is 1. The highest BCUT2D eigenvalue weighted by Crippen LogP contribution is 1.52. The van der Waals surface area contributed by atoms with E-state index >= 15 is 0 Å². The van der Waals surface area contributed by atoms with Crippen LogP contribution in [0.15, 0.2) is 0 Å². The molecule has 0 aliphatic rings. The van der Waals surface area contributed by atoms with Crippen molar-refractivity contribution in [3.63, 3.8) is 0 Å². The summed E-state index contributed by atoms with van der Waals surface area (Å²) in [6, 6.07) is -0.603. The van der Waals surface area contributed by atoms with Gasteiger partial charge in [0, 0.05) is 13.1 Å². The van der Waals surface area contributed by atoms with E-state index in [0.717, 1.165) is 0 Å². The van der Waals surface area contributed by atoms with Crippen molar-refractivity contribution in [3.8, 4) is 0 Å². The highest BCUT2D eigenvalue weighted by Gasteiger charge is 1.84. The molecule has 68 valence electrons. The van der Waals surface area contributed by atoms with E-state index in [0.29, 0.717) is 6.54 Å². The number of hydrogen-bond donors (Lipinski definition) is 5. The molecule has 0 unspecified atom stereocenters. The van der Waals surface area contributed by atoms with Crippen LogP contribution >= 0.6 is 0 Å². The summed E-state index contributed by atoms with van der Waals surface area (Å²) >= 11 is 0. The predicted octanol–water partition coefficient (Wildman–Crippen LogP) is -2.42. The fraction of sp³-hybridized carbons (Fsp3) is 0.800. The van der Waals surface area contributed by atoms with Gasteiger partial charge in [0.05, 0.1) is 13.2 Å². The molecule has 6 nitrogen and oxygen atoms in total. The molecule has 2 amide bonds. The van der Waals surface area contributed by atoms with Crippen LogP contribution in [0.3, 0.4) is 0 Å². The Morgan fingerprint density at radius 1 is 1.36 bits per heavy atom. The van der Waals surface area contributed by atoms with Crippen LogP contribution in [-0.4, -0.2) is 42.5 Å². The first-order chi connectivity index (χ1) is 5.18. The number of carbonyl (C=O) groups is 1. The van der Waals surface area contributed by atoms with Crippen molar-refractivity contribution < 1.29 is 15.0 Å². The van der Waals surface area contributed by atoms with Gasteiger partial charge in [-0.2, -0.15) is 0 Å². The molecule has 0 atom stereocenters. The number of rotatable bonds is 3. The van der Waals surface area contributed by atoms with E-state index in [1.807, 2.05) is 0 Å². The lowest BCUT2D eigenvalue weighted by Gasteiger charge is -1.92. The van der Waals surface area contributed by atoms with Crippen molar-refractivity contribution in [2.24, 2.45) is 11.5 Å². The predicted molar refractivity (Wildman–Crippen MR) is 40.8 cm³/mol. The van der Waals surface area contributed by atoms with Gasteiger partial charge in [-0.1, -0.05) is 0 Å². The highest BCUT2D eigenvalue weighted by molar-refractivity contribution is 5.71. The standard InChI is InChI=1S/C3H8N2O2.C2H7NO/c4-3(7)5-1-2-6;3-1-2-4/h6H,1-2H2,(H3,4,5,7);4H,1-3H2. The third-order valence-corrected chi connectivity index (χ3v) is 0.540. The van der Waals surface area contributed by atoms with Crippen LogP contribution in [0.1, 0.15) is 0 Å². The minimum atomic E-state index is -0.603. The number of aliphatic hydroxyl groups excluding tert-OH is 2. The quantitative estimate of drug-likeness (QED) is 0.319. The summed E-state index contributed by atoms with van der Waals surface area (Å²) in [6.07, 6.45) is 0. The van der Waals surface area contributed by atoms with Crippen LogP contribution in [-0.2, 0) is 0 Å². The second kappa shape index (κ2) is 11.9. The normalized spacial score (nSPS) is 7.91. The first-order valence-corrected chi connectivity index (χ1v) is 3.14. The number of amides is 2. The summed E-state index contributed by atoms with van der Waals surface area (Å²) in [6.45, 7) is 0.637. The van der Waals surface area contributed by atoms with E-state index in [1.165, 1.54) is 0 Å². The Morgan fingerprint density at radius 2 is 1.82 bits per heavy atom. The van der Waals surface area contributed by atoms with Gasteiger partial charge >= 0.3 is 6.03 Å². The molecule has 0 aliphatic carbocycles. The van der Waals surface area contributed by atoms with E-state index in [1.54, 1.807) is 0 Å². The Balaban J connectivity index is 0. The maximum atomic E-state index is 9.76. The number of hydrogen-bond acceptors (Lipinski definition) is 4. The summed E-state index contributed by atoms with van der Waals surface area (Å²) in [4.78, 5) is 9.76. The van der Waals surface area contributed by atoms with Crippen LogP contribution < -0.4 is 16.8 Å². The van der Waals surface area contributed by atoms with Crippen molar-refractivity contribution in [1.82, 2.24) is 5.32 Å². The minimum Gasteiger partial charge on any atom is -0.395 e. The molecule has 0 fully saturated rings. The van der Waals surface area contributed by atoms with Gasteiger partial charge in [0.2, 0.25) is 0 Å². The second-order valence-corrected chi connectivity index (χ2v) is 1.53. The molecular formula is C5H15N3O3. The summed E-state index contributed by atoms with van der Waals surface area (Å²) in [5.41, 5.74) is 9.40. The Morgan fingerprint density at radius 3 is 1.91 bits per heavy atom. The Bertz CT molecular complexity index is 87.0. The van der Waals surface area contributed by atoms with Gasteiger partial charge in [-0.15, -0.1) is 0 Å². The first-order valence-electron chi connectivity index (χ1n) is 3.14. The Kier molecular flexibility index (Phi) is 13.8. The highest BCUT2D eigenvalue weighted by atomic mass is 16.3. The maximum Gasteiger partial charge on any atom is 0.312 e. The van der Waals surface area contributed by atoms with Gasteiger partial charge in [-0.05, 0) is 0 Å². The molecular weight excluding hydrogens is 150 g/mol. The molecule has 0 aromatic rings. The van der Waals surface area contributed by atoms with E-state index in [-0.39, 0.29) is 19.8 Å². The van der Waals surface area contributed by atoms with Gasteiger partial charge in [0.25, 0.3) is 0 Å². The molecule has 0 aliphatic heterocycles. The summed E-state index contributed by atoms with van der Waals surface area (Å²) < 4.78 is 0. The molecule has 0 bridgehead atoms. The number of primary amides is 1. The van der Waals surface area contributed by atoms with E-state index in [2.05, 4.69) is 11.1 Å². The van der Waals surface area contributed by atoms with Crippen molar-refractivity contribution in [2.75, 3.05) is 26.3 Å². The third kappa shape index (κ3) is 27.2. The lowest BCUT2D eigenvalue weighted by atomic mass is 10.7. The van der Waals surface area contributed by atoms with Crippen molar-refractivity contribution in [1.29, 1.82) is 0 Å². The average Bonchev–Trinajstić information content (AvgIpc) is 2.01.